The molecule has 4 N–H and O–H groups in total. The van der Waals surface area contributed by atoms with Crippen molar-refractivity contribution >= 4 is 27.7 Å². The van der Waals surface area contributed by atoms with E-state index in [-0.39, 0.29) is 6.61 Å². The normalized spacial score (nSPS) is 11.3. The number of hydrogen-bond acceptors (Lipinski definition) is 8. The minimum atomic E-state index is -4.13. The molecule has 1 heterocycles. The Kier molecular flexibility index (Phi) is 7.50. The number of nitrogens with zero attached hydrogens (tertiary/aromatic N) is 3. The van der Waals surface area contributed by atoms with E-state index >= 15 is 0 Å². The van der Waals surface area contributed by atoms with Crippen LogP contribution >= 0.6 is 0 Å². The Hall–Kier alpha value is -3.08. The van der Waals surface area contributed by atoms with Crippen LogP contribution in [0.1, 0.15) is 28.9 Å². The lowest BCUT2D eigenvalue weighted by molar-refractivity contribution is 0.292. The molecule has 31 heavy (non-hydrogen) atoms. The first-order valence-corrected chi connectivity index (χ1v) is 11.4. The number of anilines is 3. The predicted octanol–water partition coefficient (Wildman–Crippen LogP) is 2.70. The van der Waals surface area contributed by atoms with Gasteiger partial charge in [-0.3, -0.25) is 4.55 Å². The molecular formula is C21H25N5O4S. The molecule has 0 spiro atoms. The van der Waals surface area contributed by atoms with Gasteiger partial charge in [0.05, 0.1) is 0 Å². The lowest BCUT2D eigenvalue weighted by atomic mass is 10.0. The average Bonchev–Trinajstić information content (AvgIpc) is 2.70. The minimum Gasteiger partial charge on any atom is -0.396 e. The Morgan fingerprint density at radius 1 is 1.00 bits per heavy atom. The Balaban J connectivity index is 1.87. The molecule has 10 heteroatoms. The van der Waals surface area contributed by atoms with E-state index in [9.17, 15) is 13.0 Å². The molecule has 1 aromatic heterocycles. The summed E-state index contributed by atoms with van der Waals surface area (Å²) < 4.78 is 31.8. The molecule has 0 saturated carbocycles. The molecule has 3 aromatic rings. The Morgan fingerprint density at radius 2 is 1.74 bits per heavy atom. The number of benzene rings is 2. The quantitative estimate of drug-likeness (QED) is 0.275. The molecular weight excluding hydrogens is 418 g/mol. The van der Waals surface area contributed by atoms with E-state index in [1.165, 1.54) is 0 Å². The van der Waals surface area contributed by atoms with Gasteiger partial charge in [0.25, 0.3) is 10.1 Å². The van der Waals surface area contributed by atoms with Crippen molar-refractivity contribution in [3.63, 3.8) is 0 Å². The second-order valence-corrected chi connectivity index (χ2v) is 8.51. The van der Waals surface area contributed by atoms with Gasteiger partial charge in [0.15, 0.2) is 0 Å². The highest BCUT2D eigenvalue weighted by Crippen LogP contribution is 2.18. The maximum absolute atomic E-state index is 11.3. The second kappa shape index (κ2) is 10.3. The van der Waals surface area contributed by atoms with Gasteiger partial charge in [-0.15, -0.1) is 0 Å². The van der Waals surface area contributed by atoms with Crippen molar-refractivity contribution < 1.29 is 18.1 Å². The van der Waals surface area contributed by atoms with Crippen LogP contribution in [-0.2, 0) is 22.3 Å². The number of nitrogens with one attached hydrogen (secondary N) is 2. The molecule has 0 fully saturated rings. The molecule has 2 aromatic carbocycles. The van der Waals surface area contributed by atoms with Crippen molar-refractivity contribution in [2.75, 3.05) is 23.8 Å². The smallest absolute Gasteiger partial charge is 0.269 e. The maximum atomic E-state index is 11.3. The van der Waals surface area contributed by atoms with Crippen LogP contribution < -0.4 is 10.6 Å². The van der Waals surface area contributed by atoms with Gasteiger partial charge in [-0.05, 0) is 42.2 Å². The molecule has 0 aliphatic heterocycles. The van der Waals surface area contributed by atoms with Gasteiger partial charge in [-0.1, -0.05) is 36.4 Å². The summed E-state index contributed by atoms with van der Waals surface area (Å²) in [5.74, 6) is 0.787. The number of aromatic nitrogens is 3. The van der Waals surface area contributed by atoms with Crippen LogP contribution in [0.25, 0.3) is 0 Å². The summed E-state index contributed by atoms with van der Waals surface area (Å²) in [6, 6.07) is 14.9. The van der Waals surface area contributed by atoms with Crippen LogP contribution in [-0.4, -0.2) is 46.2 Å². The molecule has 0 amide bonds. The van der Waals surface area contributed by atoms with Crippen molar-refractivity contribution in [2.24, 2.45) is 0 Å². The van der Waals surface area contributed by atoms with Gasteiger partial charge in [-0.25, -0.2) is 0 Å². The van der Waals surface area contributed by atoms with Crippen molar-refractivity contribution in [1.82, 2.24) is 15.0 Å². The van der Waals surface area contributed by atoms with Crippen molar-refractivity contribution in [3.05, 3.63) is 71.0 Å². The molecule has 0 bridgehead atoms. The van der Waals surface area contributed by atoms with Gasteiger partial charge in [0.1, 0.15) is 11.6 Å². The molecule has 0 aliphatic carbocycles. The predicted molar refractivity (Wildman–Crippen MR) is 119 cm³/mol. The first kappa shape index (κ1) is 22.6. The van der Waals surface area contributed by atoms with E-state index in [2.05, 4.69) is 25.6 Å². The first-order valence-electron chi connectivity index (χ1n) is 9.78. The van der Waals surface area contributed by atoms with Gasteiger partial charge in [0.2, 0.25) is 11.9 Å². The van der Waals surface area contributed by atoms with Crippen LogP contribution in [0, 0.1) is 6.92 Å². The van der Waals surface area contributed by atoms with E-state index in [0.717, 1.165) is 16.8 Å². The fraction of sp³-hybridized carbons (Fsp3) is 0.286. The second-order valence-electron chi connectivity index (χ2n) is 7.06. The summed E-state index contributed by atoms with van der Waals surface area (Å²) in [5.41, 5.74) is 2.93. The highest BCUT2D eigenvalue weighted by Gasteiger charge is 2.12. The number of aliphatic hydroxyl groups excluding tert-OH is 1. The number of para-hydroxylation sites is 1. The first-order chi connectivity index (χ1) is 14.8. The van der Waals surface area contributed by atoms with Crippen molar-refractivity contribution in [3.8, 4) is 0 Å². The van der Waals surface area contributed by atoms with Gasteiger partial charge in [0, 0.05) is 25.3 Å². The Morgan fingerprint density at radius 3 is 2.45 bits per heavy atom. The van der Waals surface area contributed by atoms with Crippen molar-refractivity contribution in [1.29, 1.82) is 0 Å². The van der Waals surface area contributed by atoms with Crippen LogP contribution in [0.15, 0.2) is 48.5 Å². The Bertz CT molecular complexity index is 1120. The number of aliphatic hydroxyl groups is 1. The number of aryl methyl sites for hydroxylation is 1. The largest absolute Gasteiger partial charge is 0.396 e. The zero-order valence-electron chi connectivity index (χ0n) is 17.1. The summed E-state index contributed by atoms with van der Waals surface area (Å²) >= 11 is 0. The van der Waals surface area contributed by atoms with Crippen molar-refractivity contribution in [2.45, 2.75) is 25.5 Å². The summed E-state index contributed by atoms with van der Waals surface area (Å²) in [5, 5.41) is 15.2. The Labute approximate surface area is 181 Å². The zero-order chi connectivity index (χ0) is 22.3. The fourth-order valence-electron chi connectivity index (χ4n) is 2.93. The molecule has 9 nitrogen and oxygen atoms in total. The highest BCUT2D eigenvalue weighted by molar-refractivity contribution is 7.85. The maximum Gasteiger partial charge on any atom is 0.269 e. The summed E-state index contributed by atoms with van der Waals surface area (Å²) in [6.45, 7) is 2.35. The SMILES string of the molecule is Cc1ccc(Cc2nc(NCCCO)nc(Nc3ccccc3)n2)cc1CS(=O)(=O)O. The minimum absolute atomic E-state index is 0.0555. The third kappa shape index (κ3) is 7.28. The molecule has 164 valence electrons. The summed E-state index contributed by atoms with van der Waals surface area (Å²) in [4.78, 5) is 13.3. The number of hydrogen-bond donors (Lipinski definition) is 4. The zero-order valence-corrected chi connectivity index (χ0v) is 17.9. The van der Waals surface area contributed by atoms with Crippen LogP contribution in [0.5, 0.6) is 0 Å². The monoisotopic (exact) mass is 443 g/mol. The van der Waals surface area contributed by atoms with E-state index in [4.69, 9.17) is 5.11 Å². The van der Waals surface area contributed by atoms with Gasteiger partial charge in [-0.2, -0.15) is 23.4 Å². The van der Waals surface area contributed by atoms with Gasteiger partial charge < -0.3 is 15.7 Å². The molecule has 0 aliphatic rings. The molecule has 0 saturated heterocycles. The van der Waals surface area contributed by atoms with E-state index < -0.39 is 15.9 Å². The number of rotatable bonds is 10. The highest BCUT2D eigenvalue weighted by atomic mass is 32.2. The third-order valence-corrected chi connectivity index (χ3v) is 5.12. The fourth-order valence-corrected chi connectivity index (χ4v) is 3.64. The van der Waals surface area contributed by atoms with Gasteiger partial charge >= 0.3 is 0 Å². The third-order valence-electron chi connectivity index (χ3n) is 4.44. The van der Waals surface area contributed by atoms with Crippen LogP contribution in [0.3, 0.4) is 0 Å². The lowest BCUT2D eigenvalue weighted by Crippen LogP contribution is -2.12. The van der Waals surface area contributed by atoms with Crippen LogP contribution in [0.2, 0.25) is 0 Å². The standard InChI is InChI=1S/C21H25N5O4S/c1-15-8-9-16(12-17(15)14-31(28,29)30)13-19-24-20(22-10-5-11-27)26-21(25-19)23-18-6-3-2-4-7-18/h2-4,6-9,12,27H,5,10-11,13-14H2,1H3,(H,28,29,30)(H2,22,23,24,25,26). The van der Waals surface area contributed by atoms with E-state index in [0.29, 0.717) is 42.7 Å². The summed E-state index contributed by atoms with van der Waals surface area (Å²) in [6.07, 6.45) is 0.902. The summed E-state index contributed by atoms with van der Waals surface area (Å²) in [7, 11) is -4.13. The van der Waals surface area contributed by atoms with E-state index in [1.54, 1.807) is 19.1 Å². The molecule has 0 unspecified atom stereocenters. The molecule has 0 atom stereocenters. The average molecular weight is 444 g/mol. The van der Waals surface area contributed by atoms with Crippen LogP contribution in [0.4, 0.5) is 17.6 Å². The van der Waals surface area contributed by atoms with E-state index in [1.807, 2.05) is 36.4 Å². The molecule has 3 rings (SSSR count). The topological polar surface area (TPSA) is 137 Å². The lowest BCUT2D eigenvalue weighted by Gasteiger charge is -2.11. The molecule has 0 radical (unpaired) electrons.